The quantitative estimate of drug-likeness (QED) is 0.749. The maximum Gasteiger partial charge on any atom is 0.248 e. The zero-order valence-electron chi connectivity index (χ0n) is 15.8. The summed E-state index contributed by atoms with van der Waals surface area (Å²) in [6.07, 6.45) is 1.02. The zero-order chi connectivity index (χ0) is 20.5. The highest BCUT2D eigenvalue weighted by Crippen LogP contribution is 2.32. The second-order valence-electron chi connectivity index (χ2n) is 6.59. The van der Waals surface area contributed by atoms with Crippen LogP contribution in [0.2, 0.25) is 10.0 Å². The van der Waals surface area contributed by atoms with E-state index in [4.69, 9.17) is 23.2 Å². The van der Waals surface area contributed by atoms with Crippen LogP contribution in [0.25, 0.3) is 0 Å². The molecule has 2 aromatic carbocycles. The number of carbonyl (C=O) groups excluding carboxylic acids is 1. The topological polar surface area (TPSA) is 66.5 Å². The summed E-state index contributed by atoms with van der Waals surface area (Å²) in [5.74, 6) is -0.466. The van der Waals surface area contributed by atoms with E-state index in [1.165, 1.54) is 19.1 Å². The van der Waals surface area contributed by atoms with Gasteiger partial charge in [-0.25, -0.2) is 8.42 Å². The highest BCUT2D eigenvalue weighted by Gasteiger charge is 2.31. The molecule has 8 heteroatoms. The molecule has 0 aliphatic heterocycles. The fraction of sp³-hybridized carbons (Fsp3) is 0.316. The lowest BCUT2D eigenvalue weighted by Gasteiger charge is -2.29. The smallest absolute Gasteiger partial charge is 0.248 e. The molecule has 1 amide bonds. The number of hydrogen-bond acceptors (Lipinski definition) is 3. The average molecular weight is 429 g/mol. The molecule has 0 heterocycles. The molecule has 1 unspecified atom stereocenters. The number of anilines is 2. The Labute approximate surface area is 170 Å². The number of sulfonamides is 1. The maximum atomic E-state index is 12.9. The molecule has 0 aliphatic rings. The van der Waals surface area contributed by atoms with Gasteiger partial charge in [0.05, 0.1) is 17.0 Å². The lowest BCUT2D eigenvalue weighted by atomic mass is 10.0. The van der Waals surface area contributed by atoms with Crippen LogP contribution in [0.15, 0.2) is 30.3 Å². The first-order valence-electron chi connectivity index (χ1n) is 8.25. The lowest BCUT2D eigenvalue weighted by Crippen LogP contribution is -2.45. The average Bonchev–Trinajstić information content (AvgIpc) is 2.52. The predicted octanol–water partition coefficient (Wildman–Crippen LogP) is 4.71. The summed E-state index contributed by atoms with van der Waals surface area (Å²) in [7, 11) is -3.79. The van der Waals surface area contributed by atoms with Crippen molar-refractivity contribution in [2.45, 2.75) is 33.7 Å². The Bertz CT molecular complexity index is 967. The molecule has 0 fully saturated rings. The van der Waals surface area contributed by atoms with E-state index in [-0.39, 0.29) is 10.7 Å². The van der Waals surface area contributed by atoms with Crippen LogP contribution in [0.1, 0.15) is 23.6 Å². The van der Waals surface area contributed by atoms with Crippen molar-refractivity contribution in [3.8, 4) is 0 Å². The van der Waals surface area contributed by atoms with Crippen molar-refractivity contribution >= 4 is 50.5 Å². The number of amides is 1. The number of aryl methyl sites for hydroxylation is 3. The number of nitrogens with zero attached hydrogens (tertiary/aromatic N) is 1. The van der Waals surface area contributed by atoms with Gasteiger partial charge >= 0.3 is 0 Å². The third kappa shape index (κ3) is 4.94. The zero-order valence-corrected chi connectivity index (χ0v) is 18.1. The lowest BCUT2D eigenvalue weighted by molar-refractivity contribution is -0.116. The van der Waals surface area contributed by atoms with Crippen LogP contribution in [0, 0.1) is 20.8 Å². The van der Waals surface area contributed by atoms with Crippen molar-refractivity contribution in [3.63, 3.8) is 0 Å². The number of halogens is 2. The first-order valence-corrected chi connectivity index (χ1v) is 10.9. The minimum atomic E-state index is -3.79. The maximum absolute atomic E-state index is 12.9. The van der Waals surface area contributed by atoms with Crippen LogP contribution in [-0.2, 0) is 14.8 Å². The molecule has 2 rings (SSSR count). The minimum Gasteiger partial charge on any atom is -0.324 e. The van der Waals surface area contributed by atoms with Gasteiger partial charge in [-0.05, 0) is 57.0 Å². The van der Waals surface area contributed by atoms with Crippen molar-refractivity contribution < 1.29 is 13.2 Å². The van der Waals surface area contributed by atoms with Gasteiger partial charge in [-0.15, -0.1) is 0 Å². The van der Waals surface area contributed by atoms with Gasteiger partial charge in [-0.3, -0.25) is 9.10 Å². The molecule has 146 valence electrons. The Morgan fingerprint density at radius 1 is 1.07 bits per heavy atom. The Kier molecular flexibility index (Phi) is 6.45. The molecule has 5 nitrogen and oxygen atoms in total. The van der Waals surface area contributed by atoms with Crippen molar-refractivity contribution in [3.05, 3.63) is 57.1 Å². The highest BCUT2D eigenvalue weighted by atomic mass is 35.5. The molecule has 2 aromatic rings. The molecule has 0 saturated heterocycles. The van der Waals surface area contributed by atoms with Gasteiger partial charge in [-0.2, -0.15) is 0 Å². The fourth-order valence-corrected chi connectivity index (χ4v) is 4.64. The number of carbonyl (C=O) groups is 1. The molecule has 1 N–H and O–H groups in total. The Morgan fingerprint density at radius 3 is 2.15 bits per heavy atom. The Morgan fingerprint density at radius 2 is 1.63 bits per heavy atom. The predicted molar refractivity (Wildman–Crippen MR) is 113 cm³/mol. The number of benzene rings is 2. The van der Waals surface area contributed by atoms with Crippen LogP contribution in [0.5, 0.6) is 0 Å². The monoisotopic (exact) mass is 428 g/mol. The first-order chi connectivity index (χ1) is 12.4. The number of nitrogens with one attached hydrogen (secondary N) is 1. The van der Waals surface area contributed by atoms with E-state index in [1.54, 1.807) is 6.07 Å². The van der Waals surface area contributed by atoms with Gasteiger partial charge in [0.2, 0.25) is 15.9 Å². The molecule has 0 spiro atoms. The van der Waals surface area contributed by atoms with Crippen molar-refractivity contribution in [2.24, 2.45) is 0 Å². The summed E-state index contributed by atoms with van der Waals surface area (Å²) < 4.78 is 25.8. The Hall–Kier alpha value is -1.76. The molecular formula is C19H22Cl2N2O3S. The minimum absolute atomic E-state index is 0.159. The molecule has 0 saturated carbocycles. The van der Waals surface area contributed by atoms with Crippen LogP contribution in [0.3, 0.4) is 0 Å². The molecular weight excluding hydrogens is 407 g/mol. The summed E-state index contributed by atoms with van der Waals surface area (Å²) in [5.41, 5.74) is 3.72. The molecule has 0 bridgehead atoms. The normalized spacial score (nSPS) is 12.6. The van der Waals surface area contributed by atoms with E-state index >= 15 is 0 Å². The van der Waals surface area contributed by atoms with Gasteiger partial charge < -0.3 is 5.32 Å². The van der Waals surface area contributed by atoms with E-state index in [0.717, 1.165) is 27.3 Å². The number of rotatable bonds is 5. The van der Waals surface area contributed by atoms with E-state index in [9.17, 15) is 13.2 Å². The summed E-state index contributed by atoms with van der Waals surface area (Å²) in [4.78, 5) is 12.9. The van der Waals surface area contributed by atoms with Crippen LogP contribution < -0.4 is 9.62 Å². The first kappa shape index (κ1) is 21.5. The van der Waals surface area contributed by atoms with Gasteiger partial charge in [0.25, 0.3) is 0 Å². The van der Waals surface area contributed by atoms with E-state index in [2.05, 4.69) is 5.32 Å². The van der Waals surface area contributed by atoms with E-state index in [1.807, 2.05) is 32.9 Å². The van der Waals surface area contributed by atoms with Crippen molar-refractivity contribution in [2.75, 3.05) is 15.9 Å². The third-order valence-corrected chi connectivity index (χ3v) is 5.94. The SMILES string of the molecule is Cc1cc(C)c(NC(=O)C(C)N(c2cc(Cl)ccc2Cl)S(C)(=O)=O)c(C)c1. The van der Waals surface area contributed by atoms with Gasteiger partial charge in [0.15, 0.2) is 0 Å². The molecule has 1 atom stereocenters. The second-order valence-corrected chi connectivity index (χ2v) is 9.30. The van der Waals surface area contributed by atoms with Crippen LogP contribution in [0.4, 0.5) is 11.4 Å². The van der Waals surface area contributed by atoms with Gasteiger partial charge in [-0.1, -0.05) is 40.9 Å². The van der Waals surface area contributed by atoms with E-state index in [0.29, 0.717) is 10.7 Å². The number of hydrogen-bond donors (Lipinski definition) is 1. The summed E-state index contributed by atoms with van der Waals surface area (Å²) in [5, 5.41) is 3.35. The van der Waals surface area contributed by atoms with Crippen molar-refractivity contribution in [1.29, 1.82) is 0 Å². The molecule has 0 aromatic heterocycles. The van der Waals surface area contributed by atoms with E-state index < -0.39 is 22.0 Å². The second kappa shape index (κ2) is 8.09. The highest BCUT2D eigenvalue weighted by molar-refractivity contribution is 7.92. The third-order valence-electron chi connectivity index (χ3n) is 4.16. The van der Waals surface area contributed by atoms with Crippen LogP contribution in [-0.4, -0.2) is 26.6 Å². The van der Waals surface area contributed by atoms with Gasteiger partial charge in [0.1, 0.15) is 6.04 Å². The molecule has 0 radical (unpaired) electrons. The fourth-order valence-electron chi connectivity index (χ4n) is 3.04. The summed E-state index contributed by atoms with van der Waals surface area (Å²) >= 11 is 12.2. The molecule has 0 aliphatic carbocycles. The van der Waals surface area contributed by atoms with Crippen LogP contribution >= 0.6 is 23.2 Å². The summed E-state index contributed by atoms with van der Waals surface area (Å²) in [6, 6.07) is 7.35. The summed E-state index contributed by atoms with van der Waals surface area (Å²) in [6.45, 7) is 7.26. The molecule has 27 heavy (non-hydrogen) atoms. The largest absolute Gasteiger partial charge is 0.324 e. The standard InChI is InChI=1S/C19H22Cl2N2O3S/c1-11-8-12(2)18(13(3)9-11)22-19(24)14(4)23(27(5,25)26)17-10-15(20)6-7-16(17)21/h6-10,14H,1-5H3,(H,22,24). The van der Waals surface area contributed by atoms with Gasteiger partial charge in [0, 0.05) is 10.7 Å². The van der Waals surface area contributed by atoms with Crippen molar-refractivity contribution in [1.82, 2.24) is 0 Å². The Balaban J connectivity index is 2.43.